The van der Waals surface area contributed by atoms with Crippen LogP contribution in [0.1, 0.15) is 20.3 Å². The van der Waals surface area contributed by atoms with Crippen LogP contribution in [-0.2, 0) is 10.0 Å². The van der Waals surface area contributed by atoms with Gasteiger partial charge in [-0.1, -0.05) is 13.8 Å². The molecule has 0 aliphatic rings. The highest BCUT2D eigenvalue weighted by Crippen LogP contribution is 2.04. The number of sulfonamides is 1. The predicted molar refractivity (Wildman–Crippen MR) is 62.5 cm³/mol. The highest BCUT2D eigenvalue weighted by molar-refractivity contribution is 7.89. The van der Waals surface area contributed by atoms with Crippen molar-refractivity contribution in [3.05, 3.63) is 0 Å². The van der Waals surface area contributed by atoms with Gasteiger partial charge in [-0.05, 0) is 18.3 Å². The summed E-state index contributed by atoms with van der Waals surface area (Å²) in [5, 5.41) is 8.65. The van der Waals surface area contributed by atoms with Gasteiger partial charge in [-0.2, -0.15) is 0 Å². The van der Waals surface area contributed by atoms with Crippen molar-refractivity contribution in [1.29, 1.82) is 0 Å². The number of rotatable bonds is 8. The molecule has 2 atom stereocenters. The average Bonchev–Trinajstić information content (AvgIpc) is 2.15. The Labute approximate surface area is 97.1 Å². The largest absolute Gasteiger partial charge is 0.396 e. The minimum atomic E-state index is -3.22. The number of aliphatic hydroxyl groups excluding tert-OH is 1. The van der Waals surface area contributed by atoms with E-state index in [0.717, 1.165) is 0 Å². The molecule has 0 aliphatic carbocycles. The van der Waals surface area contributed by atoms with E-state index >= 15 is 0 Å². The van der Waals surface area contributed by atoms with Gasteiger partial charge in [0.2, 0.25) is 10.0 Å². The summed E-state index contributed by atoms with van der Waals surface area (Å²) in [6, 6.07) is 0. The van der Waals surface area contributed by atoms with Crippen LogP contribution in [0.2, 0.25) is 0 Å². The second kappa shape index (κ2) is 7.44. The van der Waals surface area contributed by atoms with Crippen molar-refractivity contribution in [2.45, 2.75) is 20.3 Å². The summed E-state index contributed by atoms with van der Waals surface area (Å²) in [6.07, 6.45) is 0.605. The Hall–Kier alpha value is 0.160. The summed E-state index contributed by atoms with van der Waals surface area (Å²) in [5.41, 5.74) is 0. The summed E-state index contributed by atoms with van der Waals surface area (Å²) < 4.78 is 25.5. The molecular formula is C9H20ClNO3S. The third-order valence-corrected chi connectivity index (χ3v) is 4.18. The van der Waals surface area contributed by atoms with E-state index in [2.05, 4.69) is 4.72 Å². The zero-order valence-electron chi connectivity index (χ0n) is 9.24. The van der Waals surface area contributed by atoms with E-state index in [9.17, 15) is 8.42 Å². The van der Waals surface area contributed by atoms with Crippen molar-refractivity contribution in [2.75, 3.05) is 24.8 Å². The molecule has 0 aliphatic heterocycles. The lowest BCUT2D eigenvalue weighted by Gasteiger charge is -2.13. The molecule has 6 heteroatoms. The standard InChI is InChI=1S/C9H20ClNO3S/c1-8(3-4-12)6-11-15(13,14)7-9(2)5-10/h8-9,11-12H,3-7H2,1-2H3. The fourth-order valence-electron chi connectivity index (χ4n) is 1.07. The molecule has 0 heterocycles. The van der Waals surface area contributed by atoms with Crippen LogP contribution >= 0.6 is 11.6 Å². The summed E-state index contributed by atoms with van der Waals surface area (Å²) >= 11 is 5.55. The topological polar surface area (TPSA) is 66.4 Å². The molecular weight excluding hydrogens is 238 g/mol. The normalized spacial score (nSPS) is 16.3. The van der Waals surface area contributed by atoms with Crippen LogP contribution < -0.4 is 4.72 Å². The monoisotopic (exact) mass is 257 g/mol. The fraction of sp³-hybridized carbons (Fsp3) is 1.00. The Morgan fingerprint density at radius 3 is 2.40 bits per heavy atom. The second-order valence-electron chi connectivity index (χ2n) is 4.01. The Bertz CT molecular complexity index is 256. The van der Waals surface area contributed by atoms with Crippen LogP contribution in [0.3, 0.4) is 0 Å². The molecule has 0 saturated carbocycles. The highest BCUT2D eigenvalue weighted by atomic mass is 35.5. The molecule has 92 valence electrons. The molecule has 0 spiro atoms. The number of alkyl halides is 1. The first kappa shape index (κ1) is 15.2. The molecule has 15 heavy (non-hydrogen) atoms. The number of nitrogens with one attached hydrogen (secondary N) is 1. The van der Waals surface area contributed by atoms with E-state index in [0.29, 0.717) is 18.8 Å². The maximum Gasteiger partial charge on any atom is 0.211 e. The smallest absolute Gasteiger partial charge is 0.211 e. The molecule has 2 unspecified atom stereocenters. The van der Waals surface area contributed by atoms with Crippen LogP contribution in [0.5, 0.6) is 0 Å². The van der Waals surface area contributed by atoms with Crippen molar-refractivity contribution in [3.63, 3.8) is 0 Å². The molecule has 0 aromatic heterocycles. The van der Waals surface area contributed by atoms with Gasteiger partial charge in [0, 0.05) is 19.0 Å². The number of hydrogen-bond donors (Lipinski definition) is 2. The van der Waals surface area contributed by atoms with Gasteiger partial charge >= 0.3 is 0 Å². The molecule has 2 N–H and O–H groups in total. The number of hydrogen-bond acceptors (Lipinski definition) is 3. The maximum atomic E-state index is 11.5. The summed E-state index contributed by atoms with van der Waals surface area (Å²) in [7, 11) is -3.22. The first-order valence-electron chi connectivity index (χ1n) is 5.05. The third kappa shape index (κ3) is 8.02. The minimum absolute atomic E-state index is 0.0442. The zero-order valence-corrected chi connectivity index (χ0v) is 10.8. The van der Waals surface area contributed by atoms with Gasteiger partial charge in [-0.25, -0.2) is 13.1 Å². The summed E-state index contributed by atoms with van der Waals surface area (Å²) in [4.78, 5) is 0. The van der Waals surface area contributed by atoms with Crippen molar-refractivity contribution in [1.82, 2.24) is 4.72 Å². The van der Waals surface area contributed by atoms with Gasteiger partial charge in [0.1, 0.15) is 0 Å². The van der Waals surface area contributed by atoms with Crippen molar-refractivity contribution in [3.8, 4) is 0 Å². The number of aliphatic hydroxyl groups is 1. The molecule has 0 aromatic carbocycles. The van der Waals surface area contributed by atoms with Gasteiger partial charge in [-0.3, -0.25) is 0 Å². The molecule has 0 bridgehead atoms. The second-order valence-corrected chi connectivity index (χ2v) is 6.17. The SMILES string of the molecule is CC(CCO)CNS(=O)(=O)CC(C)CCl. The lowest BCUT2D eigenvalue weighted by atomic mass is 10.1. The molecule has 0 aromatic rings. The van der Waals surface area contributed by atoms with Crippen LogP contribution in [0.25, 0.3) is 0 Å². The molecule has 0 radical (unpaired) electrons. The molecule has 0 saturated heterocycles. The van der Waals surface area contributed by atoms with Crippen molar-refractivity contribution >= 4 is 21.6 Å². The van der Waals surface area contributed by atoms with E-state index < -0.39 is 10.0 Å². The van der Waals surface area contributed by atoms with Gasteiger partial charge in [0.15, 0.2) is 0 Å². The lowest BCUT2D eigenvalue weighted by molar-refractivity contribution is 0.263. The van der Waals surface area contributed by atoms with Gasteiger partial charge in [0.25, 0.3) is 0 Å². The highest BCUT2D eigenvalue weighted by Gasteiger charge is 2.15. The van der Waals surface area contributed by atoms with Crippen LogP contribution in [-0.4, -0.2) is 38.3 Å². The van der Waals surface area contributed by atoms with Crippen LogP contribution in [0.15, 0.2) is 0 Å². The first-order chi connectivity index (χ1) is 6.91. The Balaban J connectivity index is 3.94. The van der Waals surface area contributed by atoms with Gasteiger partial charge in [-0.15, -0.1) is 11.6 Å². The maximum absolute atomic E-state index is 11.5. The third-order valence-electron chi connectivity index (χ3n) is 2.04. The summed E-state index contributed by atoms with van der Waals surface area (Å²) in [6.45, 7) is 4.14. The van der Waals surface area contributed by atoms with Crippen molar-refractivity contribution < 1.29 is 13.5 Å². The van der Waals surface area contributed by atoms with E-state index in [4.69, 9.17) is 16.7 Å². The predicted octanol–water partition coefficient (Wildman–Crippen LogP) is 0.799. The van der Waals surface area contributed by atoms with Gasteiger partial charge in [0.05, 0.1) is 5.75 Å². The minimum Gasteiger partial charge on any atom is -0.396 e. The molecule has 0 rings (SSSR count). The van der Waals surface area contributed by atoms with E-state index in [1.807, 2.05) is 6.92 Å². The molecule has 0 amide bonds. The quantitative estimate of drug-likeness (QED) is 0.632. The van der Waals surface area contributed by atoms with Gasteiger partial charge < -0.3 is 5.11 Å². The zero-order chi connectivity index (χ0) is 11.9. The Kier molecular flexibility index (Phi) is 7.52. The van der Waals surface area contributed by atoms with E-state index in [1.54, 1.807) is 6.92 Å². The Morgan fingerprint density at radius 1 is 1.33 bits per heavy atom. The molecule has 4 nitrogen and oxygen atoms in total. The van der Waals surface area contributed by atoms with Crippen molar-refractivity contribution in [2.24, 2.45) is 11.8 Å². The first-order valence-corrected chi connectivity index (χ1v) is 7.24. The molecule has 0 fully saturated rings. The summed E-state index contributed by atoms with van der Waals surface area (Å²) in [5.74, 6) is 0.503. The average molecular weight is 258 g/mol. The van der Waals surface area contributed by atoms with Crippen LogP contribution in [0, 0.1) is 11.8 Å². The van der Waals surface area contributed by atoms with E-state index in [1.165, 1.54) is 0 Å². The lowest BCUT2D eigenvalue weighted by Crippen LogP contribution is -2.33. The van der Waals surface area contributed by atoms with Crippen LogP contribution in [0.4, 0.5) is 0 Å². The number of halogens is 1. The Morgan fingerprint density at radius 2 is 1.93 bits per heavy atom. The van der Waals surface area contributed by atoms with E-state index in [-0.39, 0.29) is 24.2 Å². The fourth-order valence-corrected chi connectivity index (χ4v) is 2.83.